The number of carbonyl (C=O) groups is 2. The second-order valence-corrected chi connectivity index (χ2v) is 6.09. The Morgan fingerprint density at radius 3 is 2.88 bits per heavy atom. The first-order chi connectivity index (χ1) is 8.17. The van der Waals surface area contributed by atoms with E-state index in [1.165, 1.54) is 29.5 Å². The van der Waals surface area contributed by atoms with Crippen molar-refractivity contribution in [3.05, 3.63) is 16.5 Å². The van der Waals surface area contributed by atoms with E-state index in [0.29, 0.717) is 5.56 Å². The number of hydrogen-bond acceptors (Lipinski definition) is 4. The van der Waals surface area contributed by atoms with Gasteiger partial charge in [-0.2, -0.15) is 0 Å². The number of carboxylic acid groups (broad SMARTS) is 1. The van der Waals surface area contributed by atoms with Crippen LogP contribution in [0.25, 0.3) is 0 Å². The summed E-state index contributed by atoms with van der Waals surface area (Å²) < 4.78 is 0.828. The highest BCUT2D eigenvalue weighted by molar-refractivity contribution is 8.01. The molecule has 0 saturated carbocycles. The maximum Gasteiger partial charge on any atom is 0.313 e. The molecule has 94 valence electrons. The Kier molecular flexibility index (Phi) is 6.29. The van der Waals surface area contributed by atoms with Gasteiger partial charge in [0.25, 0.3) is 0 Å². The van der Waals surface area contributed by atoms with Gasteiger partial charge in [-0.25, -0.2) is 0 Å². The number of rotatable bonds is 8. The van der Waals surface area contributed by atoms with E-state index in [4.69, 9.17) is 5.11 Å². The standard InChI is InChI=1S/C12H16O3S2/c1-2-3-4-5-10-6-9(7-13)12(17-10)16-8-11(14)15/h6-7H,2-5,8H2,1H3,(H,14,15). The monoisotopic (exact) mass is 272 g/mol. The topological polar surface area (TPSA) is 54.4 Å². The van der Waals surface area contributed by atoms with E-state index in [1.54, 1.807) is 11.3 Å². The van der Waals surface area contributed by atoms with Gasteiger partial charge in [0.1, 0.15) is 0 Å². The number of hydrogen-bond donors (Lipinski definition) is 1. The number of carboxylic acids is 1. The van der Waals surface area contributed by atoms with Crippen LogP contribution in [0.4, 0.5) is 0 Å². The normalized spacial score (nSPS) is 10.4. The molecule has 0 aliphatic carbocycles. The fourth-order valence-corrected chi connectivity index (χ4v) is 3.59. The maximum absolute atomic E-state index is 10.9. The minimum absolute atomic E-state index is 0.00968. The number of carbonyl (C=O) groups excluding carboxylic acids is 1. The summed E-state index contributed by atoms with van der Waals surface area (Å²) in [5.74, 6) is -0.844. The molecule has 0 unspecified atom stereocenters. The van der Waals surface area contributed by atoms with Crippen molar-refractivity contribution in [3.8, 4) is 0 Å². The molecule has 0 fully saturated rings. The van der Waals surface area contributed by atoms with E-state index in [0.717, 1.165) is 23.3 Å². The van der Waals surface area contributed by atoms with Crippen LogP contribution < -0.4 is 0 Å². The molecule has 1 heterocycles. The molecule has 0 saturated heterocycles. The molecule has 0 radical (unpaired) electrons. The molecule has 1 aromatic heterocycles. The van der Waals surface area contributed by atoms with Crippen LogP contribution >= 0.6 is 23.1 Å². The van der Waals surface area contributed by atoms with Gasteiger partial charge >= 0.3 is 5.97 Å². The Bertz CT molecular complexity index is 385. The molecule has 0 amide bonds. The van der Waals surface area contributed by atoms with Gasteiger partial charge in [-0.3, -0.25) is 9.59 Å². The van der Waals surface area contributed by atoms with Crippen molar-refractivity contribution in [3.63, 3.8) is 0 Å². The van der Waals surface area contributed by atoms with E-state index in [1.807, 2.05) is 6.07 Å². The summed E-state index contributed by atoms with van der Waals surface area (Å²) >= 11 is 2.77. The van der Waals surface area contributed by atoms with Crippen molar-refractivity contribution in [2.75, 3.05) is 5.75 Å². The number of thiophene rings is 1. The van der Waals surface area contributed by atoms with Gasteiger partial charge in [-0.15, -0.1) is 23.1 Å². The van der Waals surface area contributed by atoms with Crippen molar-refractivity contribution < 1.29 is 14.7 Å². The van der Waals surface area contributed by atoms with E-state index < -0.39 is 5.97 Å². The number of aryl methyl sites for hydroxylation is 1. The molecule has 0 aliphatic heterocycles. The van der Waals surface area contributed by atoms with Crippen LogP contribution in [-0.4, -0.2) is 23.1 Å². The summed E-state index contributed by atoms with van der Waals surface area (Å²) in [5, 5.41) is 8.61. The average Bonchev–Trinajstić information content (AvgIpc) is 2.69. The fraction of sp³-hybridized carbons (Fsp3) is 0.500. The number of aliphatic carboxylic acids is 1. The second kappa shape index (κ2) is 7.50. The van der Waals surface area contributed by atoms with Crippen LogP contribution in [0.15, 0.2) is 10.3 Å². The van der Waals surface area contributed by atoms with E-state index in [9.17, 15) is 9.59 Å². The molecule has 0 spiro atoms. The number of thioether (sulfide) groups is 1. The molecule has 1 N–H and O–H groups in total. The molecule has 0 aromatic carbocycles. The smallest absolute Gasteiger partial charge is 0.313 e. The number of aldehydes is 1. The maximum atomic E-state index is 10.9. The third-order valence-corrected chi connectivity index (χ3v) is 4.75. The summed E-state index contributed by atoms with van der Waals surface area (Å²) in [7, 11) is 0. The predicted octanol–water partition coefficient (Wildman–Crippen LogP) is 3.47. The largest absolute Gasteiger partial charge is 0.481 e. The van der Waals surface area contributed by atoms with Gasteiger partial charge in [0.15, 0.2) is 6.29 Å². The Balaban J connectivity index is 2.62. The number of unbranched alkanes of at least 4 members (excludes halogenated alkanes) is 2. The lowest BCUT2D eigenvalue weighted by atomic mass is 10.2. The molecule has 0 bridgehead atoms. The molecule has 17 heavy (non-hydrogen) atoms. The molecule has 5 heteroatoms. The van der Waals surface area contributed by atoms with Crippen LogP contribution in [0.1, 0.15) is 41.4 Å². The Morgan fingerprint density at radius 1 is 1.53 bits per heavy atom. The molecular weight excluding hydrogens is 256 g/mol. The summed E-state index contributed by atoms with van der Waals surface area (Å²) in [4.78, 5) is 22.5. The van der Waals surface area contributed by atoms with E-state index in [2.05, 4.69) is 6.92 Å². The first-order valence-corrected chi connectivity index (χ1v) is 7.40. The zero-order valence-corrected chi connectivity index (χ0v) is 11.4. The van der Waals surface area contributed by atoms with Gasteiger partial charge in [-0.1, -0.05) is 19.8 Å². The van der Waals surface area contributed by atoms with Crippen LogP contribution in [0, 0.1) is 0 Å². The minimum Gasteiger partial charge on any atom is -0.481 e. The third kappa shape index (κ3) is 4.91. The Labute approximate surface area is 109 Å². The van der Waals surface area contributed by atoms with Crippen LogP contribution in [0.2, 0.25) is 0 Å². The molecular formula is C12H16O3S2. The lowest BCUT2D eigenvalue weighted by Crippen LogP contribution is -1.97. The highest BCUT2D eigenvalue weighted by atomic mass is 32.2. The third-order valence-electron chi connectivity index (χ3n) is 2.26. The summed E-state index contributed by atoms with van der Waals surface area (Å²) in [6, 6.07) is 1.89. The molecule has 0 atom stereocenters. The van der Waals surface area contributed by atoms with Crippen molar-refractivity contribution in [2.24, 2.45) is 0 Å². The average molecular weight is 272 g/mol. The lowest BCUT2D eigenvalue weighted by molar-refractivity contribution is -0.133. The molecule has 3 nitrogen and oxygen atoms in total. The zero-order chi connectivity index (χ0) is 12.7. The van der Waals surface area contributed by atoms with Crippen molar-refractivity contribution in [1.29, 1.82) is 0 Å². The van der Waals surface area contributed by atoms with Crippen LogP contribution in [0.5, 0.6) is 0 Å². The van der Waals surface area contributed by atoms with Crippen LogP contribution in [0.3, 0.4) is 0 Å². The fourth-order valence-electron chi connectivity index (χ4n) is 1.43. The minimum atomic E-state index is -0.854. The van der Waals surface area contributed by atoms with Gasteiger partial charge in [0.2, 0.25) is 0 Å². The van der Waals surface area contributed by atoms with Gasteiger partial charge in [0.05, 0.1) is 9.96 Å². The quantitative estimate of drug-likeness (QED) is 0.447. The van der Waals surface area contributed by atoms with Crippen LogP contribution in [-0.2, 0) is 11.2 Å². The second-order valence-electron chi connectivity index (χ2n) is 3.71. The SMILES string of the molecule is CCCCCc1cc(C=O)c(SCC(=O)O)s1. The predicted molar refractivity (Wildman–Crippen MR) is 71.3 cm³/mol. The molecule has 0 aliphatic rings. The van der Waals surface area contributed by atoms with Crippen molar-refractivity contribution in [2.45, 2.75) is 36.8 Å². The van der Waals surface area contributed by atoms with Gasteiger partial charge < -0.3 is 5.11 Å². The van der Waals surface area contributed by atoms with Crippen molar-refractivity contribution in [1.82, 2.24) is 0 Å². The first-order valence-electron chi connectivity index (χ1n) is 5.59. The highest BCUT2D eigenvalue weighted by Crippen LogP contribution is 2.32. The summed E-state index contributed by atoms with van der Waals surface area (Å²) in [6.07, 6.45) is 5.27. The first kappa shape index (κ1) is 14.3. The zero-order valence-electron chi connectivity index (χ0n) is 9.77. The Morgan fingerprint density at radius 2 is 2.29 bits per heavy atom. The van der Waals surface area contributed by atoms with E-state index >= 15 is 0 Å². The molecule has 1 rings (SSSR count). The summed E-state index contributed by atoms with van der Waals surface area (Å²) in [6.45, 7) is 2.15. The highest BCUT2D eigenvalue weighted by Gasteiger charge is 2.10. The van der Waals surface area contributed by atoms with Gasteiger partial charge in [0, 0.05) is 10.4 Å². The molecule has 1 aromatic rings. The Hall–Kier alpha value is -0.810. The summed E-state index contributed by atoms with van der Waals surface area (Å²) in [5.41, 5.74) is 0.632. The van der Waals surface area contributed by atoms with Gasteiger partial charge in [-0.05, 0) is 18.9 Å². The van der Waals surface area contributed by atoms with E-state index in [-0.39, 0.29) is 5.75 Å². The lowest BCUT2D eigenvalue weighted by Gasteiger charge is -1.95. The van der Waals surface area contributed by atoms with Crippen molar-refractivity contribution >= 4 is 35.4 Å².